The molecular weight excluding hydrogens is 292 g/mol. The Morgan fingerprint density at radius 1 is 1.17 bits per heavy atom. The van der Waals surface area contributed by atoms with E-state index in [1.165, 1.54) is 13.2 Å². The van der Waals surface area contributed by atoms with Crippen LogP contribution in [0.1, 0.15) is 53.9 Å². The topological polar surface area (TPSA) is 52.6 Å². The Hall–Kier alpha value is -1.84. The third kappa shape index (κ3) is 12.4. The molecule has 0 aromatic heterocycles. The van der Waals surface area contributed by atoms with Gasteiger partial charge in [-0.05, 0) is 52.9 Å². The van der Waals surface area contributed by atoms with E-state index in [4.69, 9.17) is 4.74 Å². The second-order valence-corrected chi connectivity index (χ2v) is 6.62. The molecule has 0 aromatic rings. The lowest BCUT2D eigenvalue weighted by Crippen LogP contribution is -2.24. The summed E-state index contributed by atoms with van der Waals surface area (Å²) in [6, 6.07) is 0. The molecule has 0 saturated carbocycles. The van der Waals surface area contributed by atoms with Crippen LogP contribution in [0.2, 0.25) is 0 Å². The van der Waals surface area contributed by atoms with Gasteiger partial charge in [0.2, 0.25) is 0 Å². The highest BCUT2D eigenvalue weighted by Crippen LogP contribution is 2.15. The standard InChI is InChI=1S/C19H30O4/c1-15(11-8-7-9-14-17(20)22-6)12-10-13-16(2)18(21)23-19(3,4)5/h7-9,13-15H,10-12H2,1-6H3/b8-7+,14-9+,16-13+/t15-/m1/s1. The maximum absolute atomic E-state index is 11.8. The number of allylic oxidation sites excluding steroid dienone is 4. The maximum atomic E-state index is 11.8. The molecule has 0 rings (SSSR count). The van der Waals surface area contributed by atoms with E-state index in [-0.39, 0.29) is 11.9 Å². The minimum atomic E-state index is -0.456. The Morgan fingerprint density at radius 3 is 2.39 bits per heavy atom. The van der Waals surface area contributed by atoms with Crippen LogP contribution in [-0.2, 0) is 19.1 Å². The highest BCUT2D eigenvalue weighted by Gasteiger charge is 2.17. The van der Waals surface area contributed by atoms with Gasteiger partial charge in [-0.1, -0.05) is 31.2 Å². The molecule has 0 fully saturated rings. The molecule has 0 N–H and O–H groups in total. The maximum Gasteiger partial charge on any atom is 0.333 e. The predicted molar refractivity (Wildman–Crippen MR) is 92.9 cm³/mol. The van der Waals surface area contributed by atoms with Crippen molar-refractivity contribution in [2.45, 2.75) is 59.5 Å². The first-order chi connectivity index (χ1) is 10.7. The summed E-state index contributed by atoms with van der Waals surface area (Å²) in [7, 11) is 1.35. The van der Waals surface area contributed by atoms with Gasteiger partial charge < -0.3 is 9.47 Å². The lowest BCUT2D eigenvalue weighted by Gasteiger charge is -2.19. The smallest absolute Gasteiger partial charge is 0.333 e. The molecule has 23 heavy (non-hydrogen) atoms. The van der Waals surface area contributed by atoms with E-state index in [2.05, 4.69) is 11.7 Å². The number of hydrogen-bond donors (Lipinski definition) is 0. The van der Waals surface area contributed by atoms with Crippen molar-refractivity contribution >= 4 is 11.9 Å². The molecule has 1 atom stereocenters. The van der Waals surface area contributed by atoms with Crippen molar-refractivity contribution in [1.82, 2.24) is 0 Å². The van der Waals surface area contributed by atoms with Crippen molar-refractivity contribution in [1.29, 1.82) is 0 Å². The van der Waals surface area contributed by atoms with Crippen molar-refractivity contribution < 1.29 is 19.1 Å². The minimum absolute atomic E-state index is 0.252. The molecule has 0 unspecified atom stereocenters. The van der Waals surface area contributed by atoms with Gasteiger partial charge in [0.05, 0.1) is 7.11 Å². The zero-order valence-corrected chi connectivity index (χ0v) is 15.2. The molecule has 4 heteroatoms. The number of carbonyl (C=O) groups excluding carboxylic acids is 2. The van der Waals surface area contributed by atoms with Crippen molar-refractivity contribution in [3.05, 3.63) is 36.0 Å². The molecule has 0 amide bonds. The van der Waals surface area contributed by atoms with Gasteiger partial charge in [0, 0.05) is 11.6 Å². The summed E-state index contributed by atoms with van der Waals surface area (Å²) in [5, 5.41) is 0. The van der Waals surface area contributed by atoms with Crippen molar-refractivity contribution in [2.24, 2.45) is 5.92 Å². The fourth-order valence-corrected chi connectivity index (χ4v) is 1.74. The number of carbonyl (C=O) groups is 2. The van der Waals surface area contributed by atoms with E-state index in [0.29, 0.717) is 11.5 Å². The van der Waals surface area contributed by atoms with Gasteiger partial charge in [0.1, 0.15) is 5.60 Å². The molecule has 4 nitrogen and oxygen atoms in total. The molecule has 0 bridgehead atoms. The van der Waals surface area contributed by atoms with Gasteiger partial charge in [-0.15, -0.1) is 0 Å². The van der Waals surface area contributed by atoms with Crippen LogP contribution in [0.3, 0.4) is 0 Å². The molecule has 0 heterocycles. The monoisotopic (exact) mass is 322 g/mol. The fourth-order valence-electron chi connectivity index (χ4n) is 1.74. The Labute approximate surface area is 140 Å². The van der Waals surface area contributed by atoms with Gasteiger partial charge in [0.25, 0.3) is 0 Å². The first-order valence-corrected chi connectivity index (χ1v) is 7.97. The van der Waals surface area contributed by atoms with E-state index in [1.807, 2.05) is 39.0 Å². The van der Waals surface area contributed by atoms with Crippen molar-refractivity contribution in [3.63, 3.8) is 0 Å². The Kier molecular flexibility index (Phi) is 9.95. The highest BCUT2D eigenvalue weighted by molar-refractivity contribution is 5.88. The molecule has 130 valence electrons. The van der Waals surface area contributed by atoms with E-state index in [9.17, 15) is 9.59 Å². The van der Waals surface area contributed by atoms with Crippen molar-refractivity contribution in [2.75, 3.05) is 7.11 Å². The molecule has 0 aliphatic rings. The summed E-state index contributed by atoms with van der Waals surface area (Å²) >= 11 is 0. The van der Waals surface area contributed by atoms with Gasteiger partial charge in [-0.3, -0.25) is 0 Å². The summed E-state index contributed by atoms with van der Waals surface area (Å²) in [6.45, 7) is 9.53. The Morgan fingerprint density at radius 2 is 1.83 bits per heavy atom. The van der Waals surface area contributed by atoms with Crippen LogP contribution in [0.15, 0.2) is 36.0 Å². The predicted octanol–water partition coefficient (Wildman–Crippen LogP) is 4.37. The SMILES string of the molecule is COC(=O)/C=C/C=C/C[C@@H](C)CC/C=C(\C)C(=O)OC(C)(C)C. The summed E-state index contributed by atoms with van der Waals surface area (Å²) < 4.78 is 9.81. The zero-order valence-electron chi connectivity index (χ0n) is 15.2. The van der Waals surface area contributed by atoms with Crippen LogP contribution in [0.25, 0.3) is 0 Å². The first kappa shape index (κ1) is 21.2. The third-order valence-electron chi connectivity index (χ3n) is 3.05. The summed E-state index contributed by atoms with van der Waals surface area (Å²) in [5.41, 5.74) is 0.200. The van der Waals surface area contributed by atoms with Crippen LogP contribution < -0.4 is 0 Å². The molecule has 0 spiro atoms. The molecule has 0 aromatic carbocycles. The van der Waals surface area contributed by atoms with Crippen LogP contribution >= 0.6 is 0 Å². The van der Waals surface area contributed by atoms with E-state index >= 15 is 0 Å². The Bertz CT molecular complexity index is 464. The number of esters is 2. The average Bonchev–Trinajstić information content (AvgIpc) is 2.44. The molecule has 0 aliphatic carbocycles. The lowest BCUT2D eigenvalue weighted by atomic mass is 10.0. The van der Waals surface area contributed by atoms with Gasteiger partial charge in [0.15, 0.2) is 0 Å². The first-order valence-electron chi connectivity index (χ1n) is 7.97. The lowest BCUT2D eigenvalue weighted by molar-refractivity contribution is -0.149. The minimum Gasteiger partial charge on any atom is -0.466 e. The zero-order chi connectivity index (χ0) is 17.9. The quantitative estimate of drug-likeness (QED) is 0.378. The Balaban J connectivity index is 4.10. The van der Waals surface area contributed by atoms with Crippen LogP contribution in [0.5, 0.6) is 0 Å². The number of methoxy groups -OCH3 is 1. The van der Waals surface area contributed by atoms with E-state index in [0.717, 1.165) is 19.3 Å². The fraction of sp³-hybridized carbons (Fsp3) is 0.579. The second kappa shape index (κ2) is 10.8. The van der Waals surface area contributed by atoms with E-state index < -0.39 is 5.60 Å². The summed E-state index contributed by atoms with van der Waals surface area (Å²) in [5.74, 6) is -0.107. The van der Waals surface area contributed by atoms with Gasteiger partial charge in [-0.2, -0.15) is 0 Å². The second-order valence-electron chi connectivity index (χ2n) is 6.62. The van der Waals surface area contributed by atoms with Crippen LogP contribution in [0, 0.1) is 5.92 Å². The number of hydrogen-bond acceptors (Lipinski definition) is 4. The van der Waals surface area contributed by atoms with Crippen LogP contribution in [0.4, 0.5) is 0 Å². The largest absolute Gasteiger partial charge is 0.466 e. The number of rotatable bonds is 8. The molecule has 0 aliphatic heterocycles. The molecule has 0 radical (unpaired) electrons. The third-order valence-corrected chi connectivity index (χ3v) is 3.05. The average molecular weight is 322 g/mol. The van der Waals surface area contributed by atoms with E-state index in [1.54, 1.807) is 13.0 Å². The number of ether oxygens (including phenoxy) is 2. The molecular formula is C19H30O4. The normalized spacial score (nSPS) is 14.3. The van der Waals surface area contributed by atoms with Crippen LogP contribution in [-0.4, -0.2) is 24.6 Å². The van der Waals surface area contributed by atoms with Crippen molar-refractivity contribution in [3.8, 4) is 0 Å². The van der Waals surface area contributed by atoms with Gasteiger partial charge >= 0.3 is 11.9 Å². The van der Waals surface area contributed by atoms with Gasteiger partial charge in [-0.25, -0.2) is 9.59 Å². The summed E-state index contributed by atoms with van der Waals surface area (Å²) in [6.07, 6.45) is 11.6. The summed E-state index contributed by atoms with van der Waals surface area (Å²) in [4.78, 5) is 22.7. The highest BCUT2D eigenvalue weighted by atomic mass is 16.6. The molecule has 0 saturated heterocycles.